The van der Waals surface area contributed by atoms with Crippen LogP contribution in [0.3, 0.4) is 0 Å². The van der Waals surface area contributed by atoms with E-state index in [1.807, 2.05) is 60.7 Å². The van der Waals surface area contributed by atoms with Crippen LogP contribution in [0.5, 0.6) is 5.75 Å². The van der Waals surface area contributed by atoms with Crippen molar-refractivity contribution in [1.82, 2.24) is 15.4 Å². The number of nitrogens with one attached hydrogen (secondary N) is 2. The predicted molar refractivity (Wildman–Crippen MR) is 114 cm³/mol. The molecule has 3 aromatic carbocycles. The molecule has 6 rings (SSSR count). The summed E-state index contributed by atoms with van der Waals surface area (Å²) in [6, 6.07) is 19.5. The Bertz CT molecular complexity index is 1460. The highest BCUT2D eigenvalue weighted by Crippen LogP contribution is 2.39. The third-order valence-electron chi connectivity index (χ3n) is 4.88. The van der Waals surface area contributed by atoms with E-state index >= 15 is 0 Å². The summed E-state index contributed by atoms with van der Waals surface area (Å²) in [5.41, 5.74) is 8.37. The highest BCUT2D eigenvalue weighted by atomic mass is 32.1. The average Bonchev–Trinajstić information content (AvgIpc) is 3.35. The first kappa shape index (κ1) is 16.1. The maximum atomic E-state index is 11.9. The topological polar surface area (TPSA) is 80.2 Å². The van der Waals surface area contributed by atoms with Gasteiger partial charge >= 0.3 is 5.76 Å². The first-order valence-corrected chi connectivity index (χ1v) is 9.84. The Morgan fingerprint density at radius 3 is 2.76 bits per heavy atom. The molecule has 140 valence electrons. The first-order valence-electron chi connectivity index (χ1n) is 9.02. The van der Waals surface area contributed by atoms with Crippen molar-refractivity contribution in [3.8, 4) is 16.3 Å². The van der Waals surface area contributed by atoms with Gasteiger partial charge in [0.25, 0.3) is 0 Å². The zero-order chi connectivity index (χ0) is 19.4. The molecule has 0 amide bonds. The van der Waals surface area contributed by atoms with Gasteiger partial charge in [-0.1, -0.05) is 30.3 Å². The van der Waals surface area contributed by atoms with Crippen molar-refractivity contribution in [3.63, 3.8) is 0 Å². The van der Waals surface area contributed by atoms with Crippen LogP contribution < -0.4 is 16.1 Å². The van der Waals surface area contributed by atoms with Crippen LogP contribution in [0.2, 0.25) is 0 Å². The lowest BCUT2D eigenvalue weighted by Gasteiger charge is -2.20. The van der Waals surface area contributed by atoms with Crippen LogP contribution in [0.1, 0.15) is 11.1 Å². The Balaban J connectivity index is 1.65. The number of fused-ring (bicyclic) bond motifs is 3. The van der Waals surface area contributed by atoms with Gasteiger partial charge in [-0.25, -0.2) is 15.3 Å². The summed E-state index contributed by atoms with van der Waals surface area (Å²) in [7, 11) is 0. The fourth-order valence-corrected chi connectivity index (χ4v) is 4.57. The lowest BCUT2D eigenvalue weighted by atomic mass is 10.0. The number of para-hydroxylation sites is 2. The van der Waals surface area contributed by atoms with Gasteiger partial charge in [0.2, 0.25) is 0 Å². The Morgan fingerprint density at radius 2 is 1.83 bits per heavy atom. The zero-order valence-electron chi connectivity index (χ0n) is 14.9. The minimum absolute atomic E-state index is 0.483. The molecule has 0 atom stereocenters. The number of thiazole rings is 1. The van der Waals surface area contributed by atoms with Gasteiger partial charge < -0.3 is 9.25 Å². The largest absolute Gasteiger partial charge is 0.417 e. The quantitative estimate of drug-likeness (QED) is 0.446. The second-order valence-electron chi connectivity index (χ2n) is 6.66. The van der Waals surface area contributed by atoms with E-state index < -0.39 is 5.76 Å². The van der Waals surface area contributed by atoms with Crippen molar-refractivity contribution in [3.05, 3.63) is 82.3 Å². The van der Waals surface area contributed by atoms with Gasteiger partial charge in [0, 0.05) is 16.7 Å². The summed E-state index contributed by atoms with van der Waals surface area (Å²) in [5.74, 6) is 0.242. The van der Waals surface area contributed by atoms with Crippen molar-refractivity contribution in [2.24, 2.45) is 0 Å². The standard InChI is InChI=1S/C22H13N3O3S/c26-22-24-20-17(27-22)10-9-13(21-23-14-6-2-4-8-18(14)29-21)19(20)15-11-12-5-1-3-7-16(12)28-25-15/h1-11,25H,(H,24,26). The van der Waals surface area contributed by atoms with Crippen molar-refractivity contribution >= 4 is 44.4 Å². The van der Waals surface area contributed by atoms with Gasteiger partial charge in [-0.05, 0) is 36.4 Å². The molecule has 1 aliphatic heterocycles. The average molecular weight is 399 g/mol. The molecule has 0 fully saturated rings. The number of hydroxylamine groups is 1. The van der Waals surface area contributed by atoms with Crippen LogP contribution >= 0.6 is 11.3 Å². The molecule has 7 heteroatoms. The second-order valence-corrected chi connectivity index (χ2v) is 7.69. The summed E-state index contributed by atoms with van der Waals surface area (Å²) < 4.78 is 6.39. The smallest absolute Gasteiger partial charge is 0.408 e. The molecule has 2 N–H and O–H groups in total. The first-order chi connectivity index (χ1) is 14.3. The molecule has 0 bridgehead atoms. The van der Waals surface area contributed by atoms with Crippen LogP contribution in [0, 0.1) is 0 Å². The van der Waals surface area contributed by atoms with Gasteiger partial charge in [-0.3, -0.25) is 4.98 Å². The van der Waals surface area contributed by atoms with Crippen molar-refractivity contribution in [2.45, 2.75) is 0 Å². The van der Waals surface area contributed by atoms with Crippen LogP contribution in [0.15, 0.2) is 69.9 Å². The van der Waals surface area contributed by atoms with Crippen LogP contribution in [0.4, 0.5) is 0 Å². The SMILES string of the molecule is O=c1[nH]c2c(C3=Cc4ccccc4ON3)c(-c3nc4ccccc4s3)ccc2o1. The van der Waals surface area contributed by atoms with E-state index in [-0.39, 0.29) is 0 Å². The number of H-pyrrole nitrogens is 1. The molecule has 3 heterocycles. The molecule has 2 aromatic heterocycles. The maximum absolute atomic E-state index is 11.9. The summed E-state index contributed by atoms with van der Waals surface area (Å²) in [6.07, 6.45) is 2.00. The molecule has 5 aromatic rings. The van der Waals surface area contributed by atoms with Crippen LogP contribution in [-0.4, -0.2) is 9.97 Å². The number of benzene rings is 3. The van der Waals surface area contributed by atoms with Gasteiger partial charge in [0.15, 0.2) is 11.3 Å². The summed E-state index contributed by atoms with van der Waals surface area (Å²) in [4.78, 5) is 25.2. The van der Waals surface area contributed by atoms with E-state index in [1.165, 1.54) is 0 Å². The van der Waals surface area contributed by atoms with E-state index in [0.717, 1.165) is 43.4 Å². The number of rotatable bonds is 2. The minimum Gasteiger partial charge on any atom is -0.408 e. The van der Waals surface area contributed by atoms with Gasteiger partial charge in [0.05, 0.1) is 21.4 Å². The highest BCUT2D eigenvalue weighted by Gasteiger charge is 2.22. The van der Waals surface area contributed by atoms with Crippen molar-refractivity contribution < 1.29 is 9.25 Å². The molecule has 0 saturated carbocycles. The number of aromatic nitrogens is 2. The maximum Gasteiger partial charge on any atom is 0.417 e. The van der Waals surface area contributed by atoms with E-state index in [0.29, 0.717) is 11.1 Å². The predicted octanol–water partition coefficient (Wildman–Crippen LogP) is 4.79. The molecular weight excluding hydrogens is 386 g/mol. The fraction of sp³-hybridized carbons (Fsp3) is 0. The molecule has 0 spiro atoms. The Morgan fingerprint density at radius 1 is 0.966 bits per heavy atom. The van der Waals surface area contributed by atoms with E-state index in [2.05, 4.69) is 10.5 Å². The lowest BCUT2D eigenvalue weighted by molar-refractivity contribution is 0.249. The van der Waals surface area contributed by atoms with Crippen LogP contribution in [0.25, 0.3) is 43.7 Å². The molecule has 1 aliphatic rings. The van der Waals surface area contributed by atoms with Crippen molar-refractivity contribution in [2.75, 3.05) is 0 Å². The number of hydrogen-bond acceptors (Lipinski definition) is 6. The summed E-state index contributed by atoms with van der Waals surface area (Å²) in [6.45, 7) is 0. The number of nitrogens with zero attached hydrogens (tertiary/aromatic N) is 1. The van der Waals surface area contributed by atoms with Crippen LogP contribution in [-0.2, 0) is 0 Å². The second kappa shape index (κ2) is 6.08. The number of aromatic amines is 1. The highest BCUT2D eigenvalue weighted by molar-refractivity contribution is 7.21. The van der Waals surface area contributed by atoms with E-state index in [4.69, 9.17) is 14.2 Å². The normalized spacial score (nSPS) is 13.0. The lowest BCUT2D eigenvalue weighted by Crippen LogP contribution is -2.21. The third kappa shape index (κ3) is 2.55. The van der Waals surface area contributed by atoms with Gasteiger partial charge in [-0.2, -0.15) is 0 Å². The molecule has 6 nitrogen and oxygen atoms in total. The van der Waals surface area contributed by atoms with E-state index in [9.17, 15) is 4.79 Å². The Kier molecular flexibility index (Phi) is 3.39. The third-order valence-corrected chi connectivity index (χ3v) is 5.95. The van der Waals surface area contributed by atoms with E-state index in [1.54, 1.807) is 17.4 Å². The molecule has 0 radical (unpaired) electrons. The molecule has 0 unspecified atom stereocenters. The molecule has 29 heavy (non-hydrogen) atoms. The van der Waals surface area contributed by atoms with Crippen molar-refractivity contribution in [1.29, 1.82) is 0 Å². The molecule has 0 aliphatic carbocycles. The monoisotopic (exact) mass is 399 g/mol. The summed E-state index contributed by atoms with van der Waals surface area (Å²) >= 11 is 1.60. The Labute approximate surface area is 168 Å². The molecular formula is C22H13N3O3S. The number of hydrogen-bond donors (Lipinski definition) is 2. The molecule has 0 saturated heterocycles. The summed E-state index contributed by atoms with van der Waals surface area (Å²) in [5, 5.41) is 0.853. The number of oxazole rings is 1. The minimum atomic E-state index is -0.500. The Hall–Kier alpha value is -3.84. The van der Waals surface area contributed by atoms with Gasteiger partial charge in [0.1, 0.15) is 5.01 Å². The van der Waals surface area contributed by atoms with Gasteiger partial charge in [-0.15, -0.1) is 11.3 Å². The fourth-order valence-electron chi connectivity index (χ4n) is 3.58. The zero-order valence-corrected chi connectivity index (χ0v) is 15.7.